The summed E-state index contributed by atoms with van der Waals surface area (Å²) in [7, 11) is 0. The van der Waals surface area contributed by atoms with E-state index >= 15 is 0 Å². The molecule has 21 heavy (non-hydrogen) atoms. The minimum atomic E-state index is -0.125. The standard InChI is InChI=1S/C16H12N4O/c17-8-10-1-5-14-13(7-10)19-16(20(14)12-3-4-12)11-2-6-15(21)18-9-11/h1-2,5-7,9,12H,3-4H2,(H,18,21). The molecule has 5 heteroatoms. The Morgan fingerprint density at radius 2 is 2.14 bits per heavy atom. The van der Waals surface area contributed by atoms with Crippen LogP contribution in [0.5, 0.6) is 0 Å². The van der Waals surface area contributed by atoms with Crippen LogP contribution in [0.3, 0.4) is 0 Å². The Hall–Kier alpha value is -2.87. The minimum absolute atomic E-state index is 0.125. The zero-order valence-electron chi connectivity index (χ0n) is 11.2. The van der Waals surface area contributed by atoms with Crippen molar-refractivity contribution in [2.24, 2.45) is 0 Å². The highest BCUT2D eigenvalue weighted by Crippen LogP contribution is 2.41. The Morgan fingerprint density at radius 3 is 2.81 bits per heavy atom. The third-order valence-electron chi connectivity index (χ3n) is 3.77. The summed E-state index contributed by atoms with van der Waals surface area (Å²) in [5.41, 5.74) is 3.23. The Morgan fingerprint density at radius 1 is 1.29 bits per heavy atom. The van der Waals surface area contributed by atoms with E-state index in [1.807, 2.05) is 18.2 Å². The van der Waals surface area contributed by atoms with E-state index in [0.29, 0.717) is 11.6 Å². The number of hydrogen-bond acceptors (Lipinski definition) is 3. The van der Waals surface area contributed by atoms with Crippen LogP contribution in [-0.2, 0) is 0 Å². The number of fused-ring (bicyclic) bond motifs is 1. The maximum absolute atomic E-state index is 11.2. The number of nitriles is 1. The van der Waals surface area contributed by atoms with Gasteiger partial charge in [0.1, 0.15) is 5.82 Å². The summed E-state index contributed by atoms with van der Waals surface area (Å²) in [5.74, 6) is 0.846. The highest BCUT2D eigenvalue weighted by Gasteiger charge is 2.28. The Labute approximate surface area is 120 Å². The molecule has 1 aliphatic rings. The van der Waals surface area contributed by atoms with Gasteiger partial charge in [-0.25, -0.2) is 4.98 Å². The van der Waals surface area contributed by atoms with E-state index in [-0.39, 0.29) is 5.56 Å². The Kier molecular flexibility index (Phi) is 2.45. The predicted octanol–water partition coefficient (Wildman–Crippen LogP) is 2.60. The van der Waals surface area contributed by atoms with Gasteiger partial charge in [0.15, 0.2) is 0 Å². The average molecular weight is 276 g/mol. The van der Waals surface area contributed by atoms with E-state index in [4.69, 9.17) is 5.26 Å². The van der Waals surface area contributed by atoms with Crippen molar-refractivity contribution in [2.75, 3.05) is 0 Å². The molecule has 102 valence electrons. The van der Waals surface area contributed by atoms with Gasteiger partial charge in [0.05, 0.1) is 22.7 Å². The zero-order chi connectivity index (χ0) is 14.4. The van der Waals surface area contributed by atoms with Crippen molar-refractivity contribution < 1.29 is 0 Å². The molecule has 1 N–H and O–H groups in total. The van der Waals surface area contributed by atoms with Gasteiger partial charge in [0, 0.05) is 23.9 Å². The SMILES string of the molecule is N#Cc1ccc2c(c1)nc(-c1ccc(=O)[nH]c1)n2C1CC1. The predicted molar refractivity (Wildman–Crippen MR) is 78.8 cm³/mol. The van der Waals surface area contributed by atoms with E-state index in [1.54, 1.807) is 12.3 Å². The smallest absolute Gasteiger partial charge is 0.247 e. The minimum Gasteiger partial charge on any atom is -0.328 e. The van der Waals surface area contributed by atoms with Gasteiger partial charge >= 0.3 is 0 Å². The van der Waals surface area contributed by atoms with Crippen LogP contribution in [0.25, 0.3) is 22.4 Å². The van der Waals surface area contributed by atoms with E-state index < -0.39 is 0 Å². The van der Waals surface area contributed by atoms with Gasteiger partial charge < -0.3 is 9.55 Å². The second kappa shape index (κ2) is 4.32. The van der Waals surface area contributed by atoms with Crippen LogP contribution in [0.15, 0.2) is 41.3 Å². The number of nitrogens with zero attached hydrogens (tertiary/aromatic N) is 3. The highest BCUT2D eigenvalue weighted by molar-refractivity contribution is 5.82. The quantitative estimate of drug-likeness (QED) is 0.781. The molecule has 2 heterocycles. The van der Waals surface area contributed by atoms with E-state index in [0.717, 1.165) is 35.3 Å². The second-order valence-electron chi connectivity index (χ2n) is 5.29. The molecule has 5 nitrogen and oxygen atoms in total. The molecule has 0 amide bonds. The van der Waals surface area contributed by atoms with Crippen LogP contribution in [0.4, 0.5) is 0 Å². The fourth-order valence-electron chi connectivity index (χ4n) is 2.62. The van der Waals surface area contributed by atoms with E-state index in [2.05, 4.69) is 20.6 Å². The molecule has 0 radical (unpaired) electrons. The number of H-pyrrole nitrogens is 1. The van der Waals surface area contributed by atoms with Crippen molar-refractivity contribution in [3.05, 3.63) is 52.4 Å². The first-order valence-corrected chi connectivity index (χ1v) is 6.87. The molecule has 0 saturated heterocycles. The van der Waals surface area contributed by atoms with Crippen LogP contribution in [-0.4, -0.2) is 14.5 Å². The van der Waals surface area contributed by atoms with Gasteiger partial charge in [0.2, 0.25) is 5.56 Å². The summed E-state index contributed by atoms with van der Waals surface area (Å²) in [4.78, 5) is 18.6. The van der Waals surface area contributed by atoms with Crippen molar-refractivity contribution in [1.82, 2.24) is 14.5 Å². The van der Waals surface area contributed by atoms with Gasteiger partial charge in [-0.2, -0.15) is 5.26 Å². The third kappa shape index (κ3) is 1.93. The summed E-state index contributed by atoms with van der Waals surface area (Å²) < 4.78 is 2.21. The fourth-order valence-corrected chi connectivity index (χ4v) is 2.62. The number of imidazole rings is 1. The first-order valence-electron chi connectivity index (χ1n) is 6.87. The first-order chi connectivity index (χ1) is 10.3. The molecule has 4 rings (SSSR count). The maximum Gasteiger partial charge on any atom is 0.247 e. The molecule has 0 atom stereocenters. The Balaban J connectivity index is 1.99. The lowest BCUT2D eigenvalue weighted by atomic mass is 10.2. The molecule has 3 aromatic rings. The van der Waals surface area contributed by atoms with Crippen LogP contribution < -0.4 is 5.56 Å². The van der Waals surface area contributed by atoms with Crippen molar-refractivity contribution in [2.45, 2.75) is 18.9 Å². The average Bonchev–Trinajstić information content (AvgIpc) is 3.27. The zero-order valence-corrected chi connectivity index (χ0v) is 11.2. The summed E-state index contributed by atoms with van der Waals surface area (Å²) in [5, 5.41) is 9.02. The largest absolute Gasteiger partial charge is 0.328 e. The van der Waals surface area contributed by atoms with Crippen LogP contribution in [0, 0.1) is 11.3 Å². The number of pyridine rings is 1. The topological polar surface area (TPSA) is 74.5 Å². The normalized spacial score (nSPS) is 14.2. The monoisotopic (exact) mass is 276 g/mol. The van der Waals surface area contributed by atoms with Crippen molar-refractivity contribution in [3.63, 3.8) is 0 Å². The molecule has 1 aromatic carbocycles. The molecule has 2 aromatic heterocycles. The van der Waals surface area contributed by atoms with Gasteiger partial charge in [-0.1, -0.05) is 0 Å². The van der Waals surface area contributed by atoms with Gasteiger partial charge in [-0.05, 0) is 37.1 Å². The van der Waals surface area contributed by atoms with Crippen molar-refractivity contribution in [1.29, 1.82) is 5.26 Å². The third-order valence-corrected chi connectivity index (χ3v) is 3.77. The molecule has 1 saturated carbocycles. The first kappa shape index (κ1) is 11.9. The van der Waals surface area contributed by atoms with E-state index in [9.17, 15) is 4.79 Å². The van der Waals surface area contributed by atoms with E-state index in [1.165, 1.54) is 6.07 Å². The summed E-state index contributed by atoms with van der Waals surface area (Å²) >= 11 is 0. The Bertz CT molecular complexity index is 921. The van der Waals surface area contributed by atoms with Gasteiger partial charge in [-0.15, -0.1) is 0 Å². The van der Waals surface area contributed by atoms with Gasteiger partial charge in [0.25, 0.3) is 0 Å². The molecule has 0 spiro atoms. The molecule has 1 aliphatic carbocycles. The lowest BCUT2D eigenvalue weighted by Crippen LogP contribution is -2.03. The van der Waals surface area contributed by atoms with Crippen molar-refractivity contribution in [3.8, 4) is 17.5 Å². The molecule has 0 unspecified atom stereocenters. The van der Waals surface area contributed by atoms with Gasteiger partial charge in [-0.3, -0.25) is 4.79 Å². The highest BCUT2D eigenvalue weighted by atomic mass is 16.1. The number of nitrogens with one attached hydrogen (secondary N) is 1. The maximum atomic E-state index is 11.2. The fraction of sp³-hybridized carbons (Fsp3) is 0.188. The summed E-state index contributed by atoms with van der Waals surface area (Å²) in [6.45, 7) is 0. The second-order valence-corrected chi connectivity index (χ2v) is 5.29. The summed E-state index contributed by atoms with van der Waals surface area (Å²) in [6.07, 6.45) is 3.97. The van der Waals surface area contributed by atoms with Crippen molar-refractivity contribution >= 4 is 11.0 Å². The number of rotatable bonds is 2. The number of hydrogen-bond donors (Lipinski definition) is 1. The number of benzene rings is 1. The molecular formula is C16H12N4O. The molecule has 0 aliphatic heterocycles. The molecule has 1 fully saturated rings. The lowest BCUT2D eigenvalue weighted by Gasteiger charge is -2.07. The molecule has 0 bridgehead atoms. The molecular weight excluding hydrogens is 264 g/mol. The van der Waals surface area contributed by atoms with Crippen LogP contribution in [0.2, 0.25) is 0 Å². The lowest BCUT2D eigenvalue weighted by molar-refractivity contribution is 0.774. The summed E-state index contributed by atoms with van der Waals surface area (Å²) in [6, 6.07) is 11.5. The van der Waals surface area contributed by atoms with Crippen LogP contribution in [0.1, 0.15) is 24.4 Å². The van der Waals surface area contributed by atoms with Crippen LogP contribution >= 0.6 is 0 Å². The number of aromatic amines is 1. The number of aromatic nitrogens is 3.